The van der Waals surface area contributed by atoms with Gasteiger partial charge in [-0.2, -0.15) is 0 Å². The fraction of sp³-hybridized carbons (Fsp3) is 0.143. The molecule has 0 spiro atoms. The molecule has 19 heavy (non-hydrogen) atoms. The van der Waals surface area contributed by atoms with Gasteiger partial charge >= 0.3 is 0 Å². The highest BCUT2D eigenvalue weighted by atomic mass is 16.2. The van der Waals surface area contributed by atoms with Crippen molar-refractivity contribution in [2.75, 3.05) is 5.43 Å². The Labute approximate surface area is 111 Å². The van der Waals surface area contributed by atoms with Gasteiger partial charge in [-0.15, -0.1) is 0 Å². The molecule has 1 aromatic carbocycles. The minimum Gasteiger partial charge on any atom is -0.320 e. The van der Waals surface area contributed by atoms with Gasteiger partial charge in [0, 0.05) is 6.20 Å². The van der Waals surface area contributed by atoms with Gasteiger partial charge in [0.15, 0.2) is 0 Å². The van der Waals surface area contributed by atoms with E-state index < -0.39 is 6.04 Å². The number of nitrogens with zero attached hydrogens (tertiary/aromatic N) is 1. The summed E-state index contributed by atoms with van der Waals surface area (Å²) in [5.74, 6) is 0.303. The van der Waals surface area contributed by atoms with Crippen LogP contribution in [-0.4, -0.2) is 16.9 Å². The van der Waals surface area contributed by atoms with Crippen LogP contribution in [0.2, 0.25) is 0 Å². The van der Waals surface area contributed by atoms with E-state index in [9.17, 15) is 4.79 Å². The molecule has 2 rings (SSSR count). The first-order valence-electron chi connectivity index (χ1n) is 6.02. The Balaban J connectivity index is 1.83. The normalized spacial score (nSPS) is 11.6. The molecule has 0 bridgehead atoms. The molecule has 2 aromatic rings. The molecule has 1 amide bonds. The van der Waals surface area contributed by atoms with E-state index in [1.165, 1.54) is 0 Å². The summed E-state index contributed by atoms with van der Waals surface area (Å²) in [5, 5.41) is 0. The van der Waals surface area contributed by atoms with Crippen LogP contribution in [0.15, 0.2) is 54.7 Å². The van der Waals surface area contributed by atoms with Crippen molar-refractivity contribution in [2.24, 2.45) is 5.73 Å². The first-order valence-corrected chi connectivity index (χ1v) is 6.02. The van der Waals surface area contributed by atoms with Crippen molar-refractivity contribution in [1.82, 2.24) is 10.4 Å². The van der Waals surface area contributed by atoms with Gasteiger partial charge in [0.1, 0.15) is 5.82 Å². The number of hydrogen-bond acceptors (Lipinski definition) is 4. The fourth-order valence-corrected chi connectivity index (χ4v) is 1.62. The van der Waals surface area contributed by atoms with Gasteiger partial charge in [-0.05, 0) is 24.1 Å². The van der Waals surface area contributed by atoms with E-state index in [1.807, 2.05) is 36.4 Å². The first-order chi connectivity index (χ1) is 9.25. The van der Waals surface area contributed by atoms with Gasteiger partial charge in [0.25, 0.3) is 5.91 Å². The Hall–Kier alpha value is -2.40. The number of benzene rings is 1. The van der Waals surface area contributed by atoms with E-state index in [0.717, 1.165) is 5.56 Å². The molecule has 0 aliphatic carbocycles. The Morgan fingerprint density at radius 2 is 1.89 bits per heavy atom. The summed E-state index contributed by atoms with van der Waals surface area (Å²) in [6, 6.07) is 14.4. The summed E-state index contributed by atoms with van der Waals surface area (Å²) < 4.78 is 0. The molecular formula is C14H16N4O. The number of hydrogen-bond donors (Lipinski definition) is 3. The molecule has 0 saturated carbocycles. The first kappa shape index (κ1) is 13.0. The molecule has 0 saturated heterocycles. The summed E-state index contributed by atoms with van der Waals surface area (Å²) in [4.78, 5) is 15.8. The number of amides is 1. The predicted octanol–water partition coefficient (Wildman–Crippen LogP) is 1.09. The number of carbonyl (C=O) groups is 1. The number of pyridine rings is 1. The van der Waals surface area contributed by atoms with Crippen LogP contribution in [-0.2, 0) is 11.2 Å². The maximum Gasteiger partial charge on any atom is 0.255 e. The lowest BCUT2D eigenvalue weighted by molar-refractivity contribution is -0.121. The lowest BCUT2D eigenvalue weighted by Crippen LogP contribution is -2.44. The average Bonchev–Trinajstić information content (AvgIpc) is 2.47. The van der Waals surface area contributed by atoms with Gasteiger partial charge in [0.05, 0.1) is 6.04 Å². The molecule has 4 N–H and O–H groups in total. The second-order valence-corrected chi connectivity index (χ2v) is 4.13. The lowest BCUT2D eigenvalue weighted by Gasteiger charge is -2.13. The Morgan fingerprint density at radius 3 is 2.58 bits per heavy atom. The van der Waals surface area contributed by atoms with E-state index in [2.05, 4.69) is 15.8 Å². The molecule has 0 aliphatic rings. The quantitative estimate of drug-likeness (QED) is 0.700. The fourth-order valence-electron chi connectivity index (χ4n) is 1.62. The number of carbonyl (C=O) groups excluding carboxylic acids is 1. The van der Waals surface area contributed by atoms with Crippen molar-refractivity contribution < 1.29 is 4.79 Å². The van der Waals surface area contributed by atoms with Crippen molar-refractivity contribution in [3.05, 3.63) is 60.3 Å². The molecule has 0 fully saturated rings. The van der Waals surface area contributed by atoms with Crippen molar-refractivity contribution >= 4 is 11.7 Å². The van der Waals surface area contributed by atoms with Crippen LogP contribution in [0.1, 0.15) is 5.56 Å². The van der Waals surface area contributed by atoms with Crippen LogP contribution in [0.4, 0.5) is 5.82 Å². The van der Waals surface area contributed by atoms with Crippen LogP contribution in [0, 0.1) is 0 Å². The van der Waals surface area contributed by atoms with Gasteiger partial charge < -0.3 is 5.73 Å². The maximum atomic E-state index is 11.8. The van der Waals surface area contributed by atoms with E-state index >= 15 is 0 Å². The molecule has 1 heterocycles. The van der Waals surface area contributed by atoms with Crippen molar-refractivity contribution in [1.29, 1.82) is 0 Å². The highest BCUT2D eigenvalue weighted by Crippen LogP contribution is 2.02. The topological polar surface area (TPSA) is 80.0 Å². The number of nitrogens with two attached hydrogens (primary N) is 1. The number of nitrogens with one attached hydrogen (secondary N) is 2. The molecule has 5 heteroatoms. The zero-order chi connectivity index (χ0) is 13.5. The van der Waals surface area contributed by atoms with Crippen LogP contribution < -0.4 is 16.6 Å². The maximum absolute atomic E-state index is 11.8. The minimum atomic E-state index is -0.599. The van der Waals surface area contributed by atoms with Gasteiger partial charge in [-0.1, -0.05) is 36.4 Å². The minimum absolute atomic E-state index is 0.269. The molecule has 1 aromatic heterocycles. The summed E-state index contributed by atoms with van der Waals surface area (Å²) in [7, 11) is 0. The van der Waals surface area contributed by atoms with Gasteiger partial charge in [-0.3, -0.25) is 15.6 Å². The average molecular weight is 256 g/mol. The van der Waals surface area contributed by atoms with E-state index in [-0.39, 0.29) is 5.91 Å². The second-order valence-electron chi connectivity index (χ2n) is 4.13. The highest BCUT2D eigenvalue weighted by molar-refractivity contribution is 5.82. The summed E-state index contributed by atoms with van der Waals surface area (Å²) >= 11 is 0. The Kier molecular flexibility index (Phi) is 4.47. The predicted molar refractivity (Wildman–Crippen MR) is 74.1 cm³/mol. The number of rotatable bonds is 5. The van der Waals surface area contributed by atoms with Crippen LogP contribution in [0.3, 0.4) is 0 Å². The molecule has 0 radical (unpaired) electrons. The lowest BCUT2D eigenvalue weighted by atomic mass is 10.1. The largest absolute Gasteiger partial charge is 0.320 e. The standard InChI is InChI=1S/C14H16N4O/c15-12(10-11-6-2-1-3-7-11)14(19)18-17-13-8-4-5-9-16-13/h1-9,12H,10,15H2,(H,16,17)(H,18,19)/t12-/m0/s1. The molecule has 0 unspecified atom stereocenters. The van der Waals surface area contributed by atoms with E-state index in [4.69, 9.17) is 5.73 Å². The second kappa shape index (κ2) is 6.51. The van der Waals surface area contributed by atoms with Crippen molar-refractivity contribution in [3.63, 3.8) is 0 Å². The summed E-state index contributed by atoms with van der Waals surface area (Å²) in [6.07, 6.45) is 2.13. The highest BCUT2D eigenvalue weighted by Gasteiger charge is 2.13. The van der Waals surface area contributed by atoms with Crippen molar-refractivity contribution in [3.8, 4) is 0 Å². The zero-order valence-corrected chi connectivity index (χ0v) is 10.4. The van der Waals surface area contributed by atoms with Crippen LogP contribution >= 0.6 is 0 Å². The third-order valence-corrected chi connectivity index (χ3v) is 2.61. The summed E-state index contributed by atoms with van der Waals surface area (Å²) in [6.45, 7) is 0. The smallest absolute Gasteiger partial charge is 0.255 e. The van der Waals surface area contributed by atoms with Gasteiger partial charge in [0.2, 0.25) is 0 Å². The molecule has 98 valence electrons. The third-order valence-electron chi connectivity index (χ3n) is 2.61. The van der Waals surface area contributed by atoms with Gasteiger partial charge in [-0.25, -0.2) is 4.98 Å². The van der Waals surface area contributed by atoms with E-state index in [0.29, 0.717) is 12.2 Å². The van der Waals surface area contributed by atoms with Crippen molar-refractivity contribution in [2.45, 2.75) is 12.5 Å². The number of aromatic nitrogens is 1. The number of hydrazine groups is 1. The Morgan fingerprint density at radius 1 is 1.16 bits per heavy atom. The number of anilines is 1. The van der Waals surface area contributed by atoms with E-state index in [1.54, 1.807) is 18.3 Å². The monoisotopic (exact) mass is 256 g/mol. The molecule has 5 nitrogen and oxygen atoms in total. The SMILES string of the molecule is N[C@@H](Cc1ccccc1)C(=O)NNc1ccccn1. The summed E-state index contributed by atoms with van der Waals surface area (Å²) in [5.41, 5.74) is 12.1. The zero-order valence-electron chi connectivity index (χ0n) is 10.4. The third kappa shape index (κ3) is 4.08. The molecular weight excluding hydrogens is 240 g/mol. The molecule has 1 atom stereocenters. The van der Waals surface area contributed by atoms with Crippen LogP contribution in [0.25, 0.3) is 0 Å². The van der Waals surface area contributed by atoms with Crippen LogP contribution in [0.5, 0.6) is 0 Å². The Bertz CT molecular complexity index is 515. The molecule has 0 aliphatic heterocycles.